The molecule has 0 aliphatic heterocycles. The van der Waals surface area contributed by atoms with Crippen LogP contribution in [-0.2, 0) is 31.8 Å². The Morgan fingerprint density at radius 1 is 0.829 bits per heavy atom. The van der Waals surface area contributed by atoms with Gasteiger partial charge in [-0.2, -0.15) is 31.6 Å². The highest BCUT2D eigenvalue weighted by molar-refractivity contribution is 7.93. The highest BCUT2D eigenvalue weighted by Crippen LogP contribution is 2.30. The molecule has 194 valence electrons. The van der Waals surface area contributed by atoms with Gasteiger partial charge < -0.3 is 0 Å². The number of aromatic nitrogens is 2. The number of hydrogen-bond acceptors (Lipinski definition) is 7. The third-order valence-corrected chi connectivity index (χ3v) is 9.33. The molecule has 0 fully saturated rings. The third kappa shape index (κ3) is 8.46. The normalized spacial score (nSPS) is 16.9. The van der Waals surface area contributed by atoms with Crippen LogP contribution in [0.3, 0.4) is 0 Å². The van der Waals surface area contributed by atoms with Crippen molar-refractivity contribution < 1.29 is 34.8 Å². The van der Waals surface area contributed by atoms with Gasteiger partial charge in [0.25, 0.3) is 0 Å². The van der Waals surface area contributed by atoms with Gasteiger partial charge in [0, 0.05) is 32.0 Å². The summed E-state index contributed by atoms with van der Waals surface area (Å²) in [6.45, 7) is 3.17. The van der Waals surface area contributed by atoms with Gasteiger partial charge in [-0.25, -0.2) is 12.8 Å². The van der Waals surface area contributed by atoms with Crippen molar-refractivity contribution in [1.29, 1.82) is 5.26 Å². The average Bonchev–Trinajstić information content (AvgIpc) is 2.77. The molecule has 15 heteroatoms. The van der Waals surface area contributed by atoms with E-state index in [0.29, 0.717) is 11.1 Å². The Kier molecular flexibility index (Phi) is 9.82. The molecule has 0 aliphatic rings. The van der Waals surface area contributed by atoms with Crippen molar-refractivity contribution in [2.75, 3.05) is 19.6 Å². The molecule has 0 aliphatic carbocycles. The van der Waals surface area contributed by atoms with Crippen LogP contribution in [0.4, 0.5) is 26.3 Å². The van der Waals surface area contributed by atoms with E-state index in [0.717, 1.165) is 24.5 Å². The molecule has 0 bridgehead atoms. The molecule has 0 saturated heterocycles. The minimum atomic E-state index is -4.51. The second-order valence-electron chi connectivity index (χ2n) is 7.33. The highest BCUT2D eigenvalue weighted by atomic mass is 32.2. The summed E-state index contributed by atoms with van der Waals surface area (Å²) in [7, 11) is -3.84. The van der Waals surface area contributed by atoms with Crippen LogP contribution in [0, 0.1) is 11.5 Å². The van der Waals surface area contributed by atoms with Crippen molar-refractivity contribution in [3.05, 3.63) is 59.2 Å². The summed E-state index contributed by atoms with van der Waals surface area (Å²) in [5.41, 5.74) is -1.15. The van der Waals surface area contributed by atoms with Crippen LogP contribution in [0.5, 0.6) is 0 Å². The molecule has 0 amide bonds. The summed E-state index contributed by atoms with van der Waals surface area (Å²) in [5, 5.41) is 7.26. The van der Waals surface area contributed by atoms with Gasteiger partial charge in [-0.15, -0.1) is 4.36 Å². The Morgan fingerprint density at radius 3 is 1.46 bits per heavy atom. The van der Waals surface area contributed by atoms with E-state index in [1.54, 1.807) is 6.92 Å². The molecule has 2 aromatic heterocycles. The quantitative estimate of drug-likeness (QED) is 0.367. The number of halogens is 6. The molecule has 0 aromatic carbocycles. The SMILES string of the molecule is CN=S(C)(=O)[C@@H](C)c1ccc(C(F)(F)F)nc1.C[C@H](c1ccc(C(F)(F)F)nc1)S(C)(=O)=NC#N. The van der Waals surface area contributed by atoms with E-state index in [2.05, 4.69) is 18.7 Å². The number of nitrogens with zero attached hydrogens (tertiary/aromatic N) is 5. The summed E-state index contributed by atoms with van der Waals surface area (Å²) in [5.74, 6) is 0. The fraction of sp³-hybridized carbons (Fsp3) is 0.450. The van der Waals surface area contributed by atoms with Crippen molar-refractivity contribution in [2.24, 2.45) is 8.73 Å². The number of alkyl halides is 6. The Labute approximate surface area is 200 Å². The standard InChI is InChI=1S/C10H10F3N3OS.C10H13F3N2OS/c1-7(18(2,17)16-6-14)8-3-4-9(15-5-8)10(11,12)13;1-7(17(3,16)14-2)8-4-5-9(15-6-8)10(11,12)13/h3-5,7H,1-2H3;4-7H,1-3H3/t7-,18?;7-,17?/m10/s1. The van der Waals surface area contributed by atoms with Crippen LogP contribution in [0.2, 0.25) is 0 Å². The summed E-state index contributed by atoms with van der Waals surface area (Å²) in [6, 6.07) is 4.18. The lowest BCUT2D eigenvalue weighted by molar-refractivity contribution is -0.142. The molecule has 2 heterocycles. The van der Waals surface area contributed by atoms with Crippen molar-refractivity contribution in [1.82, 2.24) is 9.97 Å². The Hall–Kier alpha value is -2.73. The fourth-order valence-electron chi connectivity index (χ4n) is 2.45. The van der Waals surface area contributed by atoms with Crippen molar-refractivity contribution in [3.63, 3.8) is 0 Å². The van der Waals surface area contributed by atoms with Gasteiger partial charge in [-0.3, -0.25) is 9.97 Å². The van der Waals surface area contributed by atoms with E-state index in [1.165, 1.54) is 44.8 Å². The van der Waals surface area contributed by atoms with Crippen molar-refractivity contribution >= 4 is 19.5 Å². The zero-order valence-corrected chi connectivity index (χ0v) is 20.9. The number of nitriles is 1. The monoisotopic (exact) mass is 543 g/mol. The lowest BCUT2D eigenvalue weighted by atomic mass is 10.2. The molecule has 35 heavy (non-hydrogen) atoms. The van der Waals surface area contributed by atoms with Gasteiger partial charge in [0.1, 0.15) is 11.4 Å². The van der Waals surface area contributed by atoms with Gasteiger partial charge in [-0.1, -0.05) is 12.1 Å². The largest absolute Gasteiger partial charge is 0.433 e. The van der Waals surface area contributed by atoms with Crippen LogP contribution in [-0.4, -0.2) is 37.9 Å². The first kappa shape index (κ1) is 30.3. The Balaban J connectivity index is 0.000000351. The molecular formula is C20H23F6N5O2S2. The van der Waals surface area contributed by atoms with Gasteiger partial charge in [0.05, 0.1) is 30.0 Å². The van der Waals surface area contributed by atoms with Crippen LogP contribution in [0.1, 0.15) is 46.9 Å². The van der Waals surface area contributed by atoms with Crippen molar-refractivity contribution in [3.8, 4) is 6.19 Å². The number of hydrogen-bond donors (Lipinski definition) is 0. The van der Waals surface area contributed by atoms with Gasteiger partial charge in [-0.05, 0) is 37.1 Å². The molecule has 7 nitrogen and oxygen atoms in total. The molecule has 0 spiro atoms. The molecule has 2 rings (SSSR count). The summed E-state index contributed by atoms with van der Waals surface area (Å²) in [6.07, 6.45) is -2.67. The molecule has 2 aromatic rings. The van der Waals surface area contributed by atoms with Crippen LogP contribution < -0.4 is 0 Å². The topological polar surface area (TPSA) is 108 Å². The maximum atomic E-state index is 12.3. The lowest BCUT2D eigenvalue weighted by Crippen LogP contribution is -2.11. The second kappa shape index (κ2) is 11.3. The number of pyridine rings is 2. The highest BCUT2D eigenvalue weighted by Gasteiger charge is 2.33. The predicted octanol–water partition coefficient (Wildman–Crippen LogP) is 5.63. The van der Waals surface area contributed by atoms with Crippen LogP contribution in [0.25, 0.3) is 0 Å². The van der Waals surface area contributed by atoms with Crippen LogP contribution >= 0.6 is 0 Å². The minimum absolute atomic E-state index is 0.342. The van der Waals surface area contributed by atoms with Gasteiger partial charge >= 0.3 is 12.4 Å². The zero-order valence-electron chi connectivity index (χ0n) is 19.3. The first-order chi connectivity index (χ1) is 15.9. The Bertz CT molecular complexity index is 1280. The van der Waals surface area contributed by atoms with Crippen molar-refractivity contribution in [2.45, 2.75) is 36.7 Å². The maximum Gasteiger partial charge on any atom is 0.433 e. The third-order valence-electron chi connectivity index (χ3n) is 4.99. The molecular weight excluding hydrogens is 520 g/mol. The number of rotatable bonds is 4. The van der Waals surface area contributed by atoms with E-state index in [9.17, 15) is 34.8 Å². The first-order valence-corrected chi connectivity index (χ1v) is 13.6. The fourth-order valence-corrected chi connectivity index (χ4v) is 4.38. The molecule has 4 atom stereocenters. The van der Waals surface area contributed by atoms with E-state index in [-0.39, 0.29) is 0 Å². The molecule has 2 unspecified atom stereocenters. The molecule has 0 saturated carbocycles. The summed E-state index contributed by atoms with van der Waals surface area (Å²) in [4.78, 5) is 6.60. The second-order valence-corrected chi connectivity index (χ2v) is 12.7. The molecule has 0 radical (unpaired) electrons. The maximum absolute atomic E-state index is 12.3. The smallest absolute Gasteiger partial charge is 0.251 e. The summed E-state index contributed by atoms with van der Waals surface area (Å²) < 4.78 is 105. The van der Waals surface area contributed by atoms with E-state index in [1.807, 2.05) is 0 Å². The van der Waals surface area contributed by atoms with Crippen LogP contribution in [0.15, 0.2) is 45.4 Å². The van der Waals surface area contributed by atoms with Gasteiger partial charge in [0.2, 0.25) is 6.19 Å². The minimum Gasteiger partial charge on any atom is -0.251 e. The zero-order chi connectivity index (χ0) is 27.2. The van der Waals surface area contributed by atoms with Gasteiger partial charge in [0.15, 0.2) is 0 Å². The average molecular weight is 544 g/mol. The van der Waals surface area contributed by atoms with E-state index in [4.69, 9.17) is 5.26 Å². The first-order valence-electron chi connectivity index (χ1n) is 9.61. The van der Waals surface area contributed by atoms with E-state index < -0.39 is 53.7 Å². The predicted molar refractivity (Wildman–Crippen MR) is 120 cm³/mol. The Morgan fingerprint density at radius 2 is 1.20 bits per heavy atom. The lowest BCUT2D eigenvalue weighted by Gasteiger charge is -2.14. The summed E-state index contributed by atoms with van der Waals surface area (Å²) >= 11 is 0. The van der Waals surface area contributed by atoms with E-state index >= 15 is 0 Å². The molecule has 0 N–H and O–H groups in total.